The van der Waals surface area contributed by atoms with E-state index in [-0.39, 0.29) is 21.9 Å². The van der Waals surface area contributed by atoms with E-state index in [9.17, 15) is 4.79 Å². The third-order valence-corrected chi connectivity index (χ3v) is 2.57. The average Bonchev–Trinajstić information content (AvgIpc) is 2.39. The summed E-state index contributed by atoms with van der Waals surface area (Å²) in [5.74, 6) is 0.146. The lowest BCUT2D eigenvalue weighted by Gasteiger charge is -1.97. The van der Waals surface area contributed by atoms with Gasteiger partial charge in [-0.2, -0.15) is 0 Å². The molecule has 0 aromatic carbocycles. The Morgan fingerprint density at radius 3 is 2.50 bits per heavy atom. The van der Waals surface area contributed by atoms with Gasteiger partial charge in [0.2, 0.25) is 0 Å². The van der Waals surface area contributed by atoms with Crippen LogP contribution in [0.15, 0.2) is 10.6 Å². The van der Waals surface area contributed by atoms with Crippen LogP contribution in [0.25, 0.3) is 0 Å². The van der Waals surface area contributed by atoms with Crippen LogP contribution in [-0.4, -0.2) is 12.6 Å². The number of carbonyl (C=O) groups is 1. The summed E-state index contributed by atoms with van der Waals surface area (Å²) in [5.41, 5.74) is -0.0318. The van der Waals surface area contributed by atoms with Crippen molar-refractivity contribution in [1.82, 2.24) is 0 Å². The Labute approximate surface area is 81.5 Å². The molecule has 0 aromatic rings. The van der Waals surface area contributed by atoms with Crippen LogP contribution in [0, 0.1) is 11.3 Å². The van der Waals surface area contributed by atoms with Gasteiger partial charge in [-0.15, -0.1) is 0 Å². The molecule has 0 radical (unpaired) electrons. The van der Waals surface area contributed by atoms with Crippen molar-refractivity contribution in [2.45, 2.75) is 20.0 Å². The van der Waals surface area contributed by atoms with Crippen LogP contribution in [0.1, 0.15) is 13.8 Å². The summed E-state index contributed by atoms with van der Waals surface area (Å²) in [6, 6.07) is 0. The molecule has 0 N–H and O–H groups in total. The smallest absolute Gasteiger partial charge is 0.293 e. The zero-order valence-corrected chi connectivity index (χ0v) is 8.39. The zero-order chi connectivity index (χ0) is 9.35. The van der Waals surface area contributed by atoms with Crippen LogP contribution >= 0.6 is 23.2 Å². The summed E-state index contributed by atoms with van der Waals surface area (Å²) < 4.78 is 5.07. The first-order valence-corrected chi connectivity index (χ1v) is 4.37. The summed E-state index contributed by atoms with van der Waals surface area (Å²) in [6.45, 7) is 4.46. The van der Waals surface area contributed by atoms with Crippen molar-refractivity contribution in [1.29, 1.82) is 0 Å². The molecule has 2 nitrogen and oxygen atoms in total. The molecular weight excluding hydrogens is 199 g/mol. The molecule has 1 fully saturated rings. The van der Waals surface area contributed by atoms with Gasteiger partial charge in [0.05, 0.1) is 0 Å². The van der Waals surface area contributed by atoms with Crippen LogP contribution in [0.4, 0.5) is 0 Å². The largest absolute Gasteiger partial charge is 0.463 e. The first kappa shape index (κ1) is 9.87. The van der Waals surface area contributed by atoms with E-state index in [0.29, 0.717) is 6.47 Å². The number of halogens is 2. The fourth-order valence-corrected chi connectivity index (χ4v) is 1.66. The van der Waals surface area contributed by atoms with Crippen LogP contribution in [0.2, 0.25) is 0 Å². The summed E-state index contributed by atoms with van der Waals surface area (Å²) in [5, 5.41) is 0. The molecule has 0 heterocycles. The first-order valence-electron chi connectivity index (χ1n) is 3.62. The van der Waals surface area contributed by atoms with E-state index < -0.39 is 0 Å². The molecule has 1 rings (SSSR count). The Hall–Kier alpha value is -0.210. The number of hydrogen-bond acceptors (Lipinski definition) is 2. The maximum Gasteiger partial charge on any atom is 0.293 e. The van der Waals surface area contributed by atoms with E-state index in [1.54, 1.807) is 6.08 Å². The molecule has 0 aromatic heterocycles. The van der Waals surface area contributed by atoms with Gasteiger partial charge in [-0.25, -0.2) is 0 Å². The minimum absolute atomic E-state index is 0.0318. The highest BCUT2D eigenvalue weighted by Gasteiger charge is 2.59. The highest BCUT2D eigenvalue weighted by atomic mass is 35.5. The van der Waals surface area contributed by atoms with Gasteiger partial charge in [0.25, 0.3) is 6.47 Å². The first-order chi connectivity index (χ1) is 5.50. The van der Waals surface area contributed by atoms with E-state index in [4.69, 9.17) is 27.9 Å². The van der Waals surface area contributed by atoms with Crippen molar-refractivity contribution < 1.29 is 9.53 Å². The summed E-state index contributed by atoms with van der Waals surface area (Å²) in [7, 11) is 0. The normalized spacial score (nSPS) is 30.7. The second-order valence-electron chi connectivity index (χ2n) is 3.46. The van der Waals surface area contributed by atoms with E-state index in [2.05, 4.69) is 0 Å². The van der Waals surface area contributed by atoms with Crippen molar-refractivity contribution in [2.24, 2.45) is 11.3 Å². The van der Waals surface area contributed by atoms with Crippen molar-refractivity contribution in [2.75, 3.05) is 0 Å². The molecule has 1 aliphatic carbocycles. The molecule has 68 valence electrons. The van der Waals surface area contributed by atoms with Gasteiger partial charge < -0.3 is 4.74 Å². The lowest BCUT2D eigenvalue weighted by molar-refractivity contribution is -0.130. The Balaban J connectivity index is 2.60. The fourth-order valence-electron chi connectivity index (χ4n) is 1.39. The van der Waals surface area contributed by atoms with E-state index >= 15 is 0 Å². The minimum atomic E-state index is -0.0810. The third kappa shape index (κ3) is 1.75. The van der Waals surface area contributed by atoms with E-state index in [1.165, 1.54) is 0 Å². The maximum absolute atomic E-state index is 10.1. The van der Waals surface area contributed by atoms with Gasteiger partial charge in [0, 0.05) is 11.3 Å². The molecule has 0 spiro atoms. The molecule has 0 amide bonds. The molecule has 12 heavy (non-hydrogen) atoms. The predicted octanol–water partition coefficient (Wildman–Crippen LogP) is 2.50. The number of hydrogen-bond donors (Lipinski definition) is 0. The van der Waals surface area contributed by atoms with Gasteiger partial charge in [0.1, 0.15) is 10.6 Å². The third-order valence-electron chi connectivity index (χ3n) is 2.32. The maximum atomic E-state index is 10.1. The Bertz CT molecular complexity index is 219. The lowest BCUT2D eigenvalue weighted by Crippen LogP contribution is -1.98. The molecule has 1 aliphatic rings. The van der Waals surface area contributed by atoms with Crippen LogP contribution in [0.5, 0.6) is 0 Å². The molecular formula is C8H10Cl2O2. The second kappa shape index (κ2) is 3.27. The van der Waals surface area contributed by atoms with Gasteiger partial charge in [0.15, 0.2) is 0 Å². The van der Waals surface area contributed by atoms with Crippen molar-refractivity contribution in [3.63, 3.8) is 0 Å². The minimum Gasteiger partial charge on any atom is -0.463 e. The van der Waals surface area contributed by atoms with Crippen LogP contribution < -0.4 is 0 Å². The number of ether oxygens (including phenoxy) is 1. The topological polar surface area (TPSA) is 26.3 Å². The summed E-state index contributed by atoms with van der Waals surface area (Å²) >= 11 is 11.0. The van der Waals surface area contributed by atoms with Crippen LogP contribution in [0.3, 0.4) is 0 Å². The van der Waals surface area contributed by atoms with Crippen molar-refractivity contribution >= 4 is 29.7 Å². The Kier molecular flexibility index (Phi) is 2.69. The van der Waals surface area contributed by atoms with Gasteiger partial charge in [-0.05, 0) is 6.08 Å². The van der Waals surface area contributed by atoms with Crippen molar-refractivity contribution in [3.05, 3.63) is 10.6 Å². The highest BCUT2D eigenvalue weighted by molar-refractivity contribution is 6.55. The SMILES string of the molecule is CC1(C)C(C=C(Cl)Cl)[C@H]1OC=O. The molecule has 0 aliphatic heterocycles. The molecule has 2 atom stereocenters. The van der Waals surface area contributed by atoms with Gasteiger partial charge in [-0.1, -0.05) is 37.0 Å². The Morgan fingerprint density at radius 2 is 2.08 bits per heavy atom. The molecule has 0 saturated heterocycles. The standard InChI is InChI=1S/C8H10Cl2O2/c1-8(2)5(3-6(9)10)7(8)12-4-11/h3-5,7H,1-2H3/t5?,7-/m1/s1. The number of rotatable bonds is 3. The lowest BCUT2D eigenvalue weighted by atomic mass is 10.1. The van der Waals surface area contributed by atoms with Crippen molar-refractivity contribution in [3.8, 4) is 0 Å². The molecule has 4 heteroatoms. The molecule has 1 unspecified atom stereocenters. The van der Waals surface area contributed by atoms with Gasteiger partial charge in [-0.3, -0.25) is 4.79 Å². The van der Waals surface area contributed by atoms with Crippen LogP contribution in [-0.2, 0) is 9.53 Å². The second-order valence-corrected chi connectivity index (χ2v) is 4.46. The zero-order valence-electron chi connectivity index (χ0n) is 6.88. The quantitative estimate of drug-likeness (QED) is 0.667. The highest BCUT2D eigenvalue weighted by Crippen LogP contribution is 2.55. The summed E-state index contributed by atoms with van der Waals surface area (Å²) in [6.07, 6.45) is 1.62. The summed E-state index contributed by atoms with van der Waals surface area (Å²) in [4.78, 5) is 10.1. The van der Waals surface area contributed by atoms with E-state index in [0.717, 1.165) is 0 Å². The number of carbonyl (C=O) groups excluding carboxylic acids is 1. The molecule has 0 bridgehead atoms. The van der Waals surface area contributed by atoms with E-state index in [1.807, 2.05) is 13.8 Å². The predicted molar refractivity (Wildman–Crippen MR) is 48.0 cm³/mol. The fraction of sp³-hybridized carbons (Fsp3) is 0.625. The average molecular weight is 209 g/mol. The van der Waals surface area contributed by atoms with Gasteiger partial charge >= 0.3 is 0 Å². The Morgan fingerprint density at radius 1 is 1.50 bits per heavy atom. The molecule has 1 saturated carbocycles. The monoisotopic (exact) mass is 208 g/mol.